The maximum Gasteiger partial charge on any atom is 0.407 e. The Bertz CT molecular complexity index is 1380. The highest BCUT2D eigenvalue weighted by Crippen LogP contribution is 2.25. The summed E-state index contributed by atoms with van der Waals surface area (Å²) in [5.41, 5.74) is 3.24. The van der Waals surface area contributed by atoms with E-state index < -0.39 is 17.7 Å². The SMILES string of the molecule is Cc1c(Cc2ccccc2)c(=O)oc2cc(OC(=O)CCNC(=O)OCc3ccccc3)ccc12. The van der Waals surface area contributed by atoms with E-state index in [1.165, 1.54) is 6.07 Å². The number of benzene rings is 3. The van der Waals surface area contributed by atoms with Gasteiger partial charge in [-0.3, -0.25) is 4.79 Å². The van der Waals surface area contributed by atoms with E-state index in [-0.39, 0.29) is 25.3 Å². The van der Waals surface area contributed by atoms with Gasteiger partial charge in [0.25, 0.3) is 0 Å². The molecule has 7 heteroatoms. The first-order valence-electron chi connectivity index (χ1n) is 11.2. The van der Waals surface area contributed by atoms with Crippen LogP contribution in [0.3, 0.4) is 0 Å². The highest BCUT2D eigenvalue weighted by atomic mass is 16.5. The predicted molar refractivity (Wildman–Crippen MR) is 131 cm³/mol. The average Bonchev–Trinajstić information content (AvgIpc) is 2.86. The van der Waals surface area contributed by atoms with Gasteiger partial charge in [0.15, 0.2) is 0 Å². The second-order valence-electron chi connectivity index (χ2n) is 8.03. The summed E-state index contributed by atoms with van der Waals surface area (Å²) in [6.07, 6.45) is -0.184. The van der Waals surface area contributed by atoms with Crippen LogP contribution in [0.1, 0.15) is 28.7 Å². The van der Waals surface area contributed by atoms with Gasteiger partial charge in [-0.15, -0.1) is 0 Å². The summed E-state index contributed by atoms with van der Waals surface area (Å²) in [7, 11) is 0. The number of hydrogen-bond acceptors (Lipinski definition) is 6. The van der Waals surface area contributed by atoms with Crippen LogP contribution in [-0.2, 0) is 22.6 Å². The van der Waals surface area contributed by atoms with Crippen molar-refractivity contribution in [1.29, 1.82) is 0 Å². The molecule has 1 heterocycles. The monoisotopic (exact) mass is 471 g/mol. The molecule has 0 saturated heterocycles. The van der Waals surface area contributed by atoms with Crippen LogP contribution in [0, 0.1) is 6.92 Å². The minimum Gasteiger partial charge on any atom is -0.445 e. The molecule has 0 aliphatic heterocycles. The van der Waals surface area contributed by atoms with Crippen molar-refractivity contribution in [2.24, 2.45) is 0 Å². The fourth-order valence-corrected chi connectivity index (χ4v) is 3.67. The third-order valence-electron chi connectivity index (χ3n) is 5.53. The number of amides is 1. The Hall–Kier alpha value is -4.39. The number of nitrogens with one attached hydrogen (secondary N) is 1. The molecule has 1 aromatic heterocycles. The first kappa shape index (κ1) is 23.8. The maximum atomic E-state index is 12.6. The molecule has 0 spiro atoms. The zero-order valence-electron chi connectivity index (χ0n) is 19.3. The minimum atomic E-state index is -0.615. The van der Waals surface area contributed by atoms with Gasteiger partial charge in [0.05, 0.1) is 6.42 Å². The van der Waals surface area contributed by atoms with Crippen molar-refractivity contribution in [2.45, 2.75) is 26.4 Å². The minimum absolute atomic E-state index is 0.0442. The van der Waals surface area contributed by atoms with E-state index in [2.05, 4.69) is 5.32 Å². The lowest BCUT2D eigenvalue weighted by atomic mass is 10.00. The number of alkyl carbamates (subject to hydrolysis) is 1. The predicted octanol–water partition coefficient (Wildman–Crippen LogP) is 4.91. The molecule has 0 radical (unpaired) electrons. The quantitative estimate of drug-likeness (QED) is 0.223. The molecule has 1 N–H and O–H groups in total. The number of ether oxygens (including phenoxy) is 2. The van der Waals surface area contributed by atoms with Crippen LogP contribution in [-0.4, -0.2) is 18.6 Å². The van der Waals surface area contributed by atoms with Gasteiger partial charge >= 0.3 is 17.7 Å². The van der Waals surface area contributed by atoms with Crippen LogP contribution in [0.15, 0.2) is 88.1 Å². The third-order valence-corrected chi connectivity index (χ3v) is 5.53. The molecule has 0 aliphatic rings. The standard InChI is InChI=1S/C28H25NO6/c1-19-23-13-12-22(17-25(23)35-27(31)24(19)16-20-8-4-2-5-9-20)34-26(30)14-15-29-28(32)33-18-21-10-6-3-7-11-21/h2-13,17H,14-16,18H2,1H3,(H,29,32). The van der Waals surface area contributed by atoms with Crippen molar-refractivity contribution in [3.63, 3.8) is 0 Å². The van der Waals surface area contributed by atoms with Crippen molar-refractivity contribution in [3.05, 3.63) is 112 Å². The lowest BCUT2D eigenvalue weighted by Crippen LogP contribution is -2.27. The Morgan fingerprint density at radius 1 is 0.914 bits per heavy atom. The van der Waals surface area contributed by atoms with Crippen LogP contribution in [0.5, 0.6) is 5.75 Å². The van der Waals surface area contributed by atoms with E-state index in [0.29, 0.717) is 17.6 Å². The molecule has 3 aromatic carbocycles. The topological polar surface area (TPSA) is 94.8 Å². The Labute approximate surface area is 202 Å². The van der Waals surface area contributed by atoms with E-state index in [1.807, 2.05) is 67.6 Å². The van der Waals surface area contributed by atoms with Gasteiger partial charge in [-0.1, -0.05) is 60.7 Å². The van der Waals surface area contributed by atoms with Crippen LogP contribution in [0.25, 0.3) is 11.0 Å². The second kappa shape index (κ2) is 11.2. The molecule has 0 saturated carbocycles. The molecule has 4 aromatic rings. The van der Waals surface area contributed by atoms with E-state index in [9.17, 15) is 14.4 Å². The molecule has 4 rings (SSSR count). The molecule has 0 fully saturated rings. The van der Waals surface area contributed by atoms with Gasteiger partial charge in [0.2, 0.25) is 0 Å². The normalized spacial score (nSPS) is 10.7. The Morgan fingerprint density at radius 2 is 1.60 bits per heavy atom. The van der Waals surface area contributed by atoms with Crippen molar-refractivity contribution < 1.29 is 23.5 Å². The Balaban J connectivity index is 1.32. The zero-order valence-corrected chi connectivity index (χ0v) is 19.3. The molecule has 0 unspecified atom stereocenters. The Kier molecular flexibility index (Phi) is 7.57. The van der Waals surface area contributed by atoms with Crippen LogP contribution in [0.2, 0.25) is 0 Å². The number of rotatable bonds is 8. The molecule has 0 aliphatic carbocycles. The molecule has 7 nitrogen and oxygen atoms in total. The van der Waals surface area contributed by atoms with Crippen LogP contribution in [0.4, 0.5) is 4.79 Å². The Morgan fingerprint density at radius 3 is 2.31 bits per heavy atom. The molecule has 35 heavy (non-hydrogen) atoms. The smallest absolute Gasteiger partial charge is 0.407 e. The molecule has 0 atom stereocenters. The highest BCUT2D eigenvalue weighted by Gasteiger charge is 2.14. The van der Waals surface area contributed by atoms with Crippen molar-refractivity contribution >= 4 is 23.0 Å². The van der Waals surface area contributed by atoms with E-state index in [0.717, 1.165) is 22.1 Å². The fourth-order valence-electron chi connectivity index (χ4n) is 3.67. The molecular weight excluding hydrogens is 446 g/mol. The first-order chi connectivity index (χ1) is 17.0. The molecule has 178 valence electrons. The van der Waals surface area contributed by atoms with Crippen LogP contribution >= 0.6 is 0 Å². The number of hydrogen-bond donors (Lipinski definition) is 1. The number of carbonyl (C=O) groups is 2. The number of fused-ring (bicyclic) bond motifs is 1. The fraction of sp³-hybridized carbons (Fsp3) is 0.179. The summed E-state index contributed by atoms with van der Waals surface area (Å²) >= 11 is 0. The zero-order chi connectivity index (χ0) is 24.6. The molecular formula is C28H25NO6. The van der Waals surface area contributed by atoms with E-state index >= 15 is 0 Å². The van der Waals surface area contributed by atoms with Gasteiger partial charge in [0.1, 0.15) is 17.9 Å². The highest BCUT2D eigenvalue weighted by molar-refractivity contribution is 5.83. The lowest BCUT2D eigenvalue weighted by molar-refractivity contribution is -0.134. The number of esters is 1. The van der Waals surface area contributed by atoms with Crippen molar-refractivity contribution in [1.82, 2.24) is 5.32 Å². The number of aryl methyl sites for hydroxylation is 1. The van der Waals surface area contributed by atoms with Crippen molar-refractivity contribution in [2.75, 3.05) is 6.54 Å². The molecule has 1 amide bonds. The molecule has 0 bridgehead atoms. The lowest BCUT2D eigenvalue weighted by Gasteiger charge is -2.10. The summed E-state index contributed by atoms with van der Waals surface area (Å²) in [6.45, 7) is 2.09. The first-order valence-corrected chi connectivity index (χ1v) is 11.2. The summed E-state index contributed by atoms with van der Waals surface area (Å²) in [6, 6.07) is 23.9. The van der Waals surface area contributed by atoms with Crippen molar-refractivity contribution in [3.8, 4) is 5.75 Å². The summed E-state index contributed by atoms with van der Waals surface area (Å²) in [5, 5.41) is 3.29. The summed E-state index contributed by atoms with van der Waals surface area (Å²) in [4.78, 5) is 36.6. The van der Waals surface area contributed by atoms with Gasteiger partial charge in [-0.25, -0.2) is 9.59 Å². The van der Waals surface area contributed by atoms with E-state index in [4.69, 9.17) is 13.9 Å². The third kappa shape index (κ3) is 6.35. The van der Waals surface area contributed by atoms with Gasteiger partial charge in [-0.2, -0.15) is 0 Å². The van der Waals surface area contributed by atoms with Gasteiger partial charge in [0, 0.05) is 30.0 Å². The number of carbonyl (C=O) groups excluding carboxylic acids is 2. The van der Waals surface area contributed by atoms with Crippen LogP contribution < -0.4 is 15.7 Å². The van der Waals surface area contributed by atoms with Gasteiger partial charge < -0.3 is 19.2 Å². The largest absolute Gasteiger partial charge is 0.445 e. The average molecular weight is 472 g/mol. The summed E-state index contributed by atoms with van der Waals surface area (Å²) in [5.74, 6) is -0.278. The maximum absolute atomic E-state index is 12.6. The summed E-state index contributed by atoms with van der Waals surface area (Å²) < 4.78 is 16.0. The van der Waals surface area contributed by atoms with E-state index in [1.54, 1.807) is 12.1 Å². The second-order valence-corrected chi connectivity index (χ2v) is 8.03. The van der Waals surface area contributed by atoms with Gasteiger partial charge in [-0.05, 0) is 35.7 Å².